The number of carbonyl (C=O) groups is 2. The summed E-state index contributed by atoms with van der Waals surface area (Å²) < 4.78 is 6.43. The first-order valence-corrected chi connectivity index (χ1v) is 6.77. The van der Waals surface area contributed by atoms with Crippen molar-refractivity contribution in [3.63, 3.8) is 0 Å². The van der Waals surface area contributed by atoms with E-state index in [-0.39, 0.29) is 24.6 Å². The standard InChI is InChI=1S/C14H14ClN3O4/c1-22-12-3-2-9(8-10(12)15)16-13(19)5-7-18-6-4-11(17-18)14(20)21/h2-4,6,8H,5,7H2,1H3,(H,16,19)(H,20,21). The zero-order chi connectivity index (χ0) is 16.1. The molecule has 0 atom stereocenters. The van der Waals surface area contributed by atoms with Crippen molar-refractivity contribution >= 4 is 29.2 Å². The largest absolute Gasteiger partial charge is 0.495 e. The second-order valence-corrected chi connectivity index (χ2v) is 4.82. The molecule has 22 heavy (non-hydrogen) atoms. The van der Waals surface area contributed by atoms with E-state index in [0.29, 0.717) is 16.5 Å². The van der Waals surface area contributed by atoms with Gasteiger partial charge in [-0.3, -0.25) is 9.48 Å². The summed E-state index contributed by atoms with van der Waals surface area (Å²) >= 11 is 5.97. The van der Waals surface area contributed by atoms with Gasteiger partial charge in [-0.2, -0.15) is 5.10 Å². The molecule has 0 radical (unpaired) electrons. The number of aryl methyl sites for hydroxylation is 1. The Labute approximate surface area is 131 Å². The second-order valence-electron chi connectivity index (χ2n) is 4.42. The minimum atomic E-state index is -1.10. The number of benzene rings is 1. The summed E-state index contributed by atoms with van der Waals surface area (Å²) in [6.45, 7) is 0.281. The molecule has 1 heterocycles. The number of ether oxygens (including phenoxy) is 1. The maximum Gasteiger partial charge on any atom is 0.356 e. The van der Waals surface area contributed by atoms with Gasteiger partial charge in [0.1, 0.15) is 5.75 Å². The van der Waals surface area contributed by atoms with Crippen molar-refractivity contribution in [2.24, 2.45) is 0 Å². The molecular formula is C14H14ClN3O4. The molecule has 0 spiro atoms. The van der Waals surface area contributed by atoms with Gasteiger partial charge in [0, 0.05) is 24.8 Å². The number of anilines is 1. The molecule has 0 aliphatic carbocycles. The van der Waals surface area contributed by atoms with E-state index >= 15 is 0 Å². The Bertz CT molecular complexity index is 699. The van der Waals surface area contributed by atoms with Crippen molar-refractivity contribution < 1.29 is 19.4 Å². The number of hydrogen-bond acceptors (Lipinski definition) is 4. The molecular weight excluding hydrogens is 310 g/mol. The molecule has 0 aliphatic rings. The van der Waals surface area contributed by atoms with E-state index in [4.69, 9.17) is 21.4 Å². The Morgan fingerprint density at radius 2 is 2.18 bits per heavy atom. The molecule has 116 valence electrons. The monoisotopic (exact) mass is 323 g/mol. The molecule has 0 fully saturated rings. The number of methoxy groups -OCH3 is 1. The number of rotatable bonds is 6. The molecule has 2 N–H and O–H groups in total. The van der Waals surface area contributed by atoms with Crippen LogP contribution in [0.1, 0.15) is 16.9 Å². The predicted molar refractivity (Wildman–Crippen MR) is 80.4 cm³/mol. The zero-order valence-corrected chi connectivity index (χ0v) is 12.5. The number of halogens is 1. The van der Waals surface area contributed by atoms with Crippen LogP contribution in [0.2, 0.25) is 5.02 Å². The van der Waals surface area contributed by atoms with E-state index in [0.717, 1.165) is 0 Å². The van der Waals surface area contributed by atoms with E-state index in [1.165, 1.54) is 24.1 Å². The molecule has 1 amide bonds. The van der Waals surface area contributed by atoms with Gasteiger partial charge < -0.3 is 15.2 Å². The van der Waals surface area contributed by atoms with Gasteiger partial charge in [-0.25, -0.2) is 4.79 Å². The minimum absolute atomic E-state index is 0.0534. The normalized spacial score (nSPS) is 10.3. The molecule has 0 aliphatic heterocycles. The first-order valence-electron chi connectivity index (χ1n) is 6.39. The molecule has 8 heteroatoms. The van der Waals surface area contributed by atoms with Crippen LogP contribution in [0.25, 0.3) is 0 Å². The summed E-state index contributed by atoms with van der Waals surface area (Å²) in [5.74, 6) is -0.804. The van der Waals surface area contributed by atoms with Crippen molar-refractivity contribution in [1.82, 2.24) is 9.78 Å². The molecule has 7 nitrogen and oxygen atoms in total. The third kappa shape index (κ3) is 3.98. The van der Waals surface area contributed by atoms with Crippen LogP contribution in [0.15, 0.2) is 30.5 Å². The Hall–Kier alpha value is -2.54. The molecule has 0 bridgehead atoms. The highest BCUT2D eigenvalue weighted by atomic mass is 35.5. The maximum atomic E-state index is 11.8. The summed E-state index contributed by atoms with van der Waals surface area (Å²) in [5.41, 5.74) is 0.504. The lowest BCUT2D eigenvalue weighted by molar-refractivity contribution is -0.116. The van der Waals surface area contributed by atoms with Crippen LogP contribution >= 0.6 is 11.6 Å². The van der Waals surface area contributed by atoms with Crippen LogP contribution in [-0.2, 0) is 11.3 Å². The lowest BCUT2D eigenvalue weighted by atomic mass is 10.3. The highest BCUT2D eigenvalue weighted by Gasteiger charge is 2.09. The van der Waals surface area contributed by atoms with Gasteiger partial charge >= 0.3 is 5.97 Å². The molecule has 0 saturated heterocycles. The topological polar surface area (TPSA) is 93.5 Å². The molecule has 0 saturated carbocycles. The third-order valence-electron chi connectivity index (χ3n) is 2.86. The fourth-order valence-electron chi connectivity index (χ4n) is 1.78. The molecule has 2 rings (SSSR count). The molecule has 1 aromatic carbocycles. The highest BCUT2D eigenvalue weighted by molar-refractivity contribution is 6.32. The minimum Gasteiger partial charge on any atom is -0.495 e. The van der Waals surface area contributed by atoms with Crippen LogP contribution < -0.4 is 10.1 Å². The number of nitrogens with zero attached hydrogens (tertiary/aromatic N) is 2. The van der Waals surface area contributed by atoms with Crippen LogP contribution in [0.4, 0.5) is 5.69 Å². The molecule has 0 unspecified atom stereocenters. The zero-order valence-electron chi connectivity index (χ0n) is 11.7. The van der Waals surface area contributed by atoms with Gasteiger partial charge in [0.15, 0.2) is 5.69 Å². The SMILES string of the molecule is COc1ccc(NC(=O)CCn2ccc(C(=O)O)n2)cc1Cl. The van der Waals surface area contributed by atoms with Crippen molar-refractivity contribution in [3.05, 3.63) is 41.2 Å². The van der Waals surface area contributed by atoms with Crippen LogP contribution in [0.5, 0.6) is 5.75 Å². The quantitative estimate of drug-likeness (QED) is 0.850. The number of amides is 1. The van der Waals surface area contributed by atoms with Gasteiger partial charge in [-0.1, -0.05) is 11.6 Å². The van der Waals surface area contributed by atoms with Crippen LogP contribution in [0.3, 0.4) is 0 Å². The summed E-state index contributed by atoms with van der Waals surface area (Å²) in [4.78, 5) is 22.5. The summed E-state index contributed by atoms with van der Waals surface area (Å²) in [6, 6.07) is 6.31. The number of hydrogen-bond donors (Lipinski definition) is 2. The average molecular weight is 324 g/mol. The van der Waals surface area contributed by atoms with Crippen LogP contribution in [-0.4, -0.2) is 33.9 Å². The smallest absolute Gasteiger partial charge is 0.356 e. The van der Waals surface area contributed by atoms with Gasteiger partial charge in [0.25, 0.3) is 0 Å². The van der Waals surface area contributed by atoms with Crippen LogP contribution in [0, 0.1) is 0 Å². The van der Waals surface area contributed by atoms with Gasteiger partial charge in [0.2, 0.25) is 5.91 Å². The maximum absolute atomic E-state index is 11.8. The predicted octanol–water partition coefficient (Wildman–Crippen LogP) is 2.27. The Morgan fingerprint density at radius 3 is 2.77 bits per heavy atom. The molecule has 1 aromatic heterocycles. The summed E-state index contributed by atoms with van der Waals surface area (Å²) in [5, 5.41) is 15.7. The first-order chi connectivity index (χ1) is 10.5. The van der Waals surface area contributed by atoms with Crippen molar-refractivity contribution in [2.45, 2.75) is 13.0 Å². The van der Waals surface area contributed by atoms with Crippen molar-refractivity contribution in [2.75, 3.05) is 12.4 Å². The Balaban J connectivity index is 1.89. The Kier molecular flexibility index (Phi) is 5.00. The van der Waals surface area contributed by atoms with Crippen molar-refractivity contribution in [3.8, 4) is 5.75 Å². The number of carboxylic acids is 1. The molecule has 2 aromatic rings. The van der Waals surface area contributed by atoms with E-state index in [1.807, 2.05) is 0 Å². The van der Waals surface area contributed by atoms with Gasteiger partial charge in [-0.05, 0) is 24.3 Å². The van der Waals surface area contributed by atoms with E-state index in [2.05, 4.69) is 10.4 Å². The lowest BCUT2D eigenvalue weighted by Gasteiger charge is -2.08. The van der Waals surface area contributed by atoms with Crippen molar-refractivity contribution in [1.29, 1.82) is 0 Å². The highest BCUT2D eigenvalue weighted by Crippen LogP contribution is 2.27. The number of aromatic nitrogens is 2. The summed E-state index contributed by atoms with van der Waals surface area (Å²) in [6.07, 6.45) is 1.67. The number of nitrogens with one attached hydrogen (secondary N) is 1. The van der Waals surface area contributed by atoms with E-state index in [1.54, 1.807) is 18.2 Å². The summed E-state index contributed by atoms with van der Waals surface area (Å²) in [7, 11) is 1.51. The number of carboxylic acid groups (broad SMARTS) is 1. The second kappa shape index (κ2) is 6.95. The third-order valence-corrected chi connectivity index (χ3v) is 3.16. The number of carbonyl (C=O) groups excluding carboxylic acids is 1. The fourth-order valence-corrected chi connectivity index (χ4v) is 2.04. The first kappa shape index (κ1) is 15.8. The van der Waals surface area contributed by atoms with Gasteiger partial charge in [-0.15, -0.1) is 0 Å². The fraction of sp³-hybridized carbons (Fsp3) is 0.214. The van der Waals surface area contributed by atoms with E-state index in [9.17, 15) is 9.59 Å². The number of aromatic carboxylic acids is 1. The lowest BCUT2D eigenvalue weighted by Crippen LogP contribution is -2.15. The average Bonchev–Trinajstić information content (AvgIpc) is 2.94. The Morgan fingerprint density at radius 1 is 1.41 bits per heavy atom. The van der Waals surface area contributed by atoms with Gasteiger partial charge in [0.05, 0.1) is 12.1 Å². The van der Waals surface area contributed by atoms with E-state index < -0.39 is 5.97 Å².